The first kappa shape index (κ1) is 15.7. The smallest absolute Gasteiger partial charge is 0.227 e. The molecule has 0 unspecified atom stereocenters. The van der Waals surface area contributed by atoms with Gasteiger partial charge in [0, 0.05) is 11.4 Å². The molecular weight excluding hydrogens is 280 g/mol. The Balaban J connectivity index is 1.79. The minimum absolute atomic E-state index is 0.0959. The van der Waals surface area contributed by atoms with Crippen LogP contribution in [0.5, 0.6) is 11.5 Å². The number of nitrogens with one attached hydrogen (secondary N) is 1. The molecule has 0 bridgehead atoms. The van der Waals surface area contributed by atoms with Gasteiger partial charge in [-0.2, -0.15) is 0 Å². The van der Waals surface area contributed by atoms with Gasteiger partial charge in [0.05, 0.1) is 20.1 Å². The standard InChI is InChI=1S/C17H20N2O3/c1-12-11-13(18)3-8-16(12)19-17(20)9-10-22-15-6-4-14(21-2)5-7-15/h3-8,11H,9-10,18H2,1-2H3,(H,19,20). The molecule has 116 valence electrons. The fourth-order valence-corrected chi connectivity index (χ4v) is 1.97. The molecule has 2 rings (SSSR count). The zero-order chi connectivity index (χ0) is 15.9. The van der Waals surface area contributed by atoms with Crippen LogP contribution in [0.15, 0.2) is 42.5 Å². The van der Waals surface area contributed by atoms with E-state index in [0.717, 1.165) is 17.0 Å². The lowest BCUT2D eigenvalue weighted by molar-refractivity contribution is -0.116. The second-order valence-electron chi connectivity index (χ2n) is 4.90. The molecule has 3 N–H and O–H groups in total. The lowest BCUT2D eigenvalue weighted by Crippen LogP contribution is -2.15. The highest BCUT2D eigenvalue weighted by Gasteiger charge is 2.05. The van der Waals surface area contributed by atoms with Gasteiger partial charge in [-0.15, -0.1) is 0 Å². The van der Waals surface area contributed by atoms with Gasteiger partial charge < -0.3 is 20.5 Å². The van der Waals surface area contributed by atoms with E-state index in [-0.39, 0.29) is 12.3 Å². The van der Waals surface area contributed by atoms with E-state index >= 15 is 0 Å². The van der Waals surface area contributed by atoms with Crippen molar-refractivity contribution in [2.45, 2.75) is 13.3 Å². The maximum absolute atomic E-state index is 11.9. The highest BCUT2D eigenvalue weighted by atomic mass is 16.5. The van der Waals surface area contributed by atoms with E-state index in [2.05, 4.69) is 5.32 Å². The molecule has 0 fully saturated rings. The lowest BCUT2D eigenvalue weighted by Gasteiger charge is -2.10. The summed E-state index contributed by atoms with van der Waals surface area (Å²) in [4.78, 5) is 11.9. The summed E-state index contributed by atoms with van der Waals surface area (Å²) in [5, 5.41) is 2.85. The molecule has 0 saturated carbocycles. The van der Waals surface area contributed by atoms with Crippen LogP contribution in [-0.2, 0) is 4.79 Å². The fraction of sp³-hybridized carbons (Fsp3) is 0.235. The van der Waals surface area contributed by atoms with Gasteiger partial charge in [0.2, 0.25) is 5.91 Å². The van der Waals surface area contributed by atoms with Crippen LogP contribution in [0.2, 0.25) is 0 Å². The van der Waals surface area contributed by atoms with E-state index in [9.17, 15) is 4.79 Å². The van der Waals surface area contributed by atoms with Crippen LogP contribution < -0.4 is 20.5 Å². The summed E-state index contributed by atoms with van der Waals surface area (Å²) < 4.78 is 10.6. The minimum Gasteiger partial charge on any atom is -0.497 e. The van der Waals surface area contributed by atoms with Gasteiger partial charge in [-0.3, -0.25) is 4.79 Å². The second-order valence-corrected chi connectivity index (χ2v) is 4.90. The molecule has 0 saturated heterocycles. The lowest BCUT2D eigenvalue weighted by atomic mass is 10.2. The number of aryl methyl sites for hydroxylation is 1. The number of anilines is 2. The van der Waals surface area contributed by atoms with E-state index in [1.807, 2.05) is 25.1 Å². The van der Waals surface area contributed by atoms with Crippen LogP contribution in [0.25, 0.3) is 0 Å². The molecule has 5 nitrogen and oxygen atoms in total. The molecule has 0 aliphatic carbocycles. The maximum atomic E-state index is 11.9. The Kier molecular flexibility index (Phi) is 5.25. The molecule has 0 atom stereocenters. The topological polar surface area (TPSA) is 73.6 Å². The second kappa shape index (κ2) is 7.36. The first-order valence-electron chi connectivity index (χ1n) is 7.01. The Morgan fingerprint density at radius 2 is 1.82 bits per heavy atom. The number of nitrogen functional groups attached to an aromatic ring is 1. The molecule has 5 heteroatoms. The van der Waals surface area contributed by atoms with Crippen molar-refractivity contribution in [2.24, 2.45) is 0 Å². The zero-order valence-electron chi connectivity index (χ0n) is 12.8. The number of carbonyl (C=O) groups is 1. The number of hydrogen-bond donors (Lipinski definition) is 2. The first-order valence-corrected chi connectivity index (χ1v) is 7.01. The van der Waals surface area contributed by atoms with Gasteiger partial charge in [-0.25, -0.2) is 0 Å². The summed E-state index contributed by atoms with van der Waals surface area (Å²) in [5.41, 5.74) is 8.06. The third kappa shape index (κ3) is 4.41. The predicted molar refractivity (Wildman–Crippen MR) is 87.3 cm³/mol. The predicted octanol–water partition coefficient (Wildman–Crippen LogP) is 2.99. The molecular formula is C17H20N2O3. The number of amides is 1. The van der Waals surface area contributed by atoms with Crippen molar-refractivity contribution in [2.75, 3.05) is 24.8 Å². The van der Waals surface area contributed by atoms with Gasteiger partial charge in [0.1, 0.15) is 11.5 Å². The third-order valence-electron chi connectivity index (χ3n) is 3.18. The highest BCUT2D eigenvalue weighted by Crippen LogP contribution is 2.19. The molecule has 2 aromatic carbocycles. The summed E-state index contributed by atoms with van der Waals surface area (Å²) >= 11 is 0. The molecule has 0 spiro atoms. The molecule has 0 aromatic heterocycles. The highest BCUT2D eigenvalue weighted by molar-refractivity contribution is 5.91. The van der Waals surface area contributed by atoms with Crippen LogP contribution in [-0.4, -0.2) is 19.6 Å². The average molecular weight is 300 g/mol. The van der Waals surface area contributed by atoms with Gasteiger partial charge in [0.15, 0.2) is 0 Å². The number of methoxy groups -OCH3 is 1. The number of hydrogen-bond acceptors (Lipinski definition) is 4. The summed E-state index contributed by atoms with van der Waals surface area (Å²) in [5.74, 6) is 1.38. The third-order valence-corrected chi connectivity index (χ3v) is 3.18. The van der Waals surface area contributed by atoms with Crippen molar-refractivity contribution in [3.63, 3.8) is 0 Å². The molecule has 0 heterocycles. The van der Waals surface area contributed by atoms with E-state index in [4.69, 9.17) is 15.2 Å². The quantitative estimate of drug-likeness (QED) is 0.804. The van der Waals surface area contributed by atoms with E-state index in [1.165, 1.54) is 0 Å². The Morgan fingerprint density at radius 3 is 2.45 bits per heavy atom. The molecule has 0 aliphatic heterocycles. The summed E-state index contributed by atoms with van der Waals surface area (Å²) in [6.07, 6.45) is 0.274. The van der Waals surface area contributed by atoms with Crippen LogP contribution in [0.4, 0.5) is 11.4 Å². The van der Waals surface area contributed by atoms with E-state index in [0.29, 0.717) is 18.0 Å². The normalized spacial score (nSPS) is 10.1. The van der Waals surface area contributed by atoms with Crippen molar-refractivity contribution in [1.82, 2.24) is 0 Å². The van der Waals surface area contributed by atoms with Gasteiger partial charge in [0.25, 0.3) is 0 Å². The Labute approximate surface area is 130 Å². The number of benzene rings is 2. The van der Waals surface area contributed by atoms with Gasteiger partial charge >= 0.3 is 0 Å². The van der Waals surface area contributed by atoms with Crippen molar-refractivity contribution in [3.05, 3.63) is 48.0 Å². The van der Waals surface area contributed by atoms with Crippen molar-refractivity contribution < 1.29 is 14.3 Å². The Bertz CT molecular complexity index is 639. The van der Waals surface area contributed by atoms with Crippen molar-refractivity contribution >= 4 is 17.3 Å². The Morgan fingerprint density at radius 1 is 1.14 bits per heavy atom. The number of ether oxygens (including phenoxy) is 2. The molecule has 0 radical (unpaired) electrons. The minimum atomic E-state index is -0.0959. The van der Waals surface area contributed by atoms with Crippen LogP contribution in [0.3, 0.4) is 0 Å². The van der Waals surface area contributed by atoms with Crippen molar-refractivity contribution in [1.29, 1.82) is 0 Å². The molecule has 2 aromatic rings. The molecule has 1 amide bonds. The monoisotopic (exact) mass is 300 g/mol. The number of nitrogens with two attached hydrogens (primary N) is 1. The fourth-order valence-electron chi connectivity index (χ4n) is 1.97. The Hall–Kier alpha value is -2.69. The molecule has 22 heavy (non-hydrogen) atoms. The first-order chi connectivity index (χ1) is 10.6. The average Bonchev–Trinajstić information content (AvgIpc) is 2.51. The molecule has 0 aliphatic rings. The van der Waals surface area contributed by atoms with Crippen LogP contribution in [0, 0.1) is 6.92 Å². The maximum Gasteiger partial charge on any atom is 0.227 e. The largest absolute Gasteiger partial charge is 0.497 e. The summed E-state index contributed by atoms with van der Waals surface area (Å²) in [7, 11) is 1.61. The zero-order valence-corrected chi connectivity index (χ0v) is 12.8. The van der Waals surface area contributed by atoms with Gasteiger partial charge in [-0.1, -0.05) is 0 Å². The van der Waals surface area contributed by atoms with Crippen LogP contribution >= 0.6 is 0 Å². The summed E-state index contributed by atoms with van der Waals surface area (Å²) in [6, 6.07) is 12.6. The van der Waals surface area contributed by atoms with E-state index < -0.39 is 0 Å². The summed E-state index contributed by atoms with van der Waals surface area (Å²) in [6.45, 7) is 2.21. The number of rotatable bonds is 6. The SMILES string of the molecule is COc1ccc(OCCC(=O)Nc2ccc(N)cc2C)cc1. The van der Waals surface area contributed by atoms with Crippen LogP contribution in [0.1, 0.15) is 12.0 Å². The number of carbonyl (C=O) groups excluding carboxylic acids is 1. The van der Waals surface area contributed by atoms with E-state index in [1.54, 1.807) is 31.4 Å². The van der Waals surface area contributed by atoms with Crippen molar-refractivity contribution in [3.8, 4) is 11.5 Å². The van der Waals surface area contributed by atoms with Gasteiger partial charge in [-0.05, 0) is 55.0 Å².